The van der Waals surface area contributed by atoms with Gasteiger partial charge in [0.1, 0.15) is 16.5 Å². The van der Waals surface area contributed by atoms with Gasteiger partial charge in [-0.25, -0.2) is 0 Å². The fraction of sp³-hybridized carbons (Fsp3) is 1.00. The van der Waals surface area contributed by atoms with E-state index in [4.69, 9.17) is 8.85 Å². The average molecular weight is 294 g/mol. The molecule has 0 saturated carbocycles. The predicted molar refractivity (Wildman–Crippen MR) is 83.6 cm³/mol. The van der Waals surface area contributed by atoms with Crippen molar-refractivity contribution in [2.75, 3.05) is 14.2 Å². The summed E-state index contributed by atoms with van der Waals surface area (Å²) in [5.74, 6) is 0. The molecule has 0 saturated heterocycles. The van der Waals surface area contributed by atoms with Crippen LogP contribution in [-0.4, -0.2) is 49.1 Å². The first-order chi connectivity index (χ1) is 7.40. The van der Waals surface area contributed by atoms with Crippen molar-refractivity contribution in [3.05, 3.63) is 0 Å². The van der Waals surface area contributed by atoms with Crippen LogP contribution in [0.15, 0.2) is 0 Å². The van der Waals surface area contributed by atoms with Crippen LogP contribution in [0.25, 0.3) is 0 Å². The molecule has 104 valence electrons. The van der Waals surface area contributed by atoms with Crippen LogP contribution >= 0.6 is 0 Å². The van der Waals surface area contributed by atoms with E-state index in [1.807, 2.05) is 0 Å². The van der Waals surface area contributed by atoms with Crippen LogP contribution in [0.2, 0.25) is 45.8 Å². The van der Waals surface area contributed by atoms with Gasteiger partial charge in [0.2, 0.25) is 0 Å². The molecule has 0 amide bonds. The van der Waals surface area contributed by atoms with Crippen molar-refractivity contribution in [3.8, 4) is 0 Å². The Morgan fingerprint density at radius 3 is 1.24 bits per heavy atom. The van der Waals surface area contributed by atoms with Gasteiger partial charge in [0, 0.05) is 19.9 Å². The van der Waals surface area contributed by atoms with Gasteiger partial charge < -0.3 is 13.1 Å². The van der Waals surface area contributed by atoms with Crippen molar-refractivity contribution in [1.29, 1.82) is 0 Å². The molecule has 1 unspecified atom stereocenters. The third-order valence-corrected chi connectivity index (χ3v) is 15.0. The van der Waals surface area contributed by atoms with E-state index in [9.17, 15) is 0 Å². The van der Waals surface area contributed by atoms with Crippen LogP contribution in [-0.2, 0) is 8.85 Å². The van der Waals surface area contributed by atoms with Gasteiger partial charge in [0.05, 0.1) is 0 Å². The second-order valence-corrected chi connectivity index (χ2v) is 20.6. The van der Waals surface area contributed by atoms with Gasteiger partial charge in [-0.3, -0.25) is 0 Å². The molecular weight excluding hydrogens is 262 g/mol. The fourth-order valence-corrected chi connectivity index (χ4v) is 18.2. The highest BCUT2D eigenvalue weighted by atomic mass is 28.4. The van der Waals surface area contributed by atoms with Crippen LogP contribution < -0.4 is 0 Å². The maximum atomic E-state index is 5.74. The van der Waals surface area contributed by atoms with Crippen molar-refractivity contribution in [2.45, 2.75) is 58.4 Å². The summed E-state index contributed by atoms with van der Waals surface area (Å²) in [6.07, 6.45) is 0. The lowest BCUT2D eigenvalue weighted by Gasteiger charge is -2.51. The number of hydrogen-bond acceptors (Lipinski definition) is 3. The molecule has 0 aliphatic carbocycles. The first kappa shape index (κ1) is 17.5. The minimum absolute atomic E-state index is 0.413. The van der Waals surface area contributed by atoms with Gasteiger partial charge in [0.15, 0.2) is 0 Å². The van der Waals surface area contributed by atoms with Crippen LogP contribution in [0.1, 0.15) is 6.92 Å². The lowest BCUT2D eigenvalue weighted by atomic mass is 10.8. The number of nitrogens with zero attached hydrogens (tertiary/aromatic N) is 1. The van der Waals surface area contributed by atoms with Crippen molar-refractivity contribution in [2.24, 2.45) is 0 Å². The van der Waals surface area contributed by atoms with Crippen molar-refractivity contribution in [3.63, 3.8) is 0 Å². The quantitative estimate of drug-likeness (QED) is 0.702. The zero-order chi connectivity index (χ0) is 14.1. The fourth-order valence-electron chi connectivity index (χ4n) is 2.83. The molecule has 0 radical (unpaired) electrons. The summed E-state index contributed by atoms with van der Waals surface area (Å²) in [5, 5.41) is 0. The first-order valence-electron chi connectivity index (χ1n) is 6.30. The SMILES string of the molecule is CO[Si](C)(OC)C(C)N([Si](C)(C)C)[Si](C)(C)C. The average Bonchev–Trinajstić information content (AvgIpc) is 2.11. The first-order valence-corrected chi connectivity index (χ1v) is 15.6. The van der Waals surface area contributed by atoms with E-state index in [0.29, 0.717) is 5.67 Å². The summed E-state index contributed by atoms with van der Waals surface area (Å²) >= 11 is 0. The smallest absolute Gasteiger partial charge is 0.350 e. The summed E-state index contributed by atoms with van der Waals surface area (Å²) in [6.45, 7) is 19.0. The second-order valence-electron chi connectivity index (χ2n) is 6.81. The monoisotopic (exact) mass is 293 g/mol. The van der Waals surface area contributed by atoms with Crippen LogP contribution in [0, 0.1) is 0 Å². The molecular formula is C11H31NO2Si3. The van der Waals surface area contributed by atoms with E-state index >= 15 is 0 Å². The third-order valence-electron chi connectivity index (χ3n) is 3.40. The maximum Gasteiger partial charge on any atom is 0.350 e. The zero-order valence-electron chi connectivity index (χ0n) is 13.3. The minimum Gasteiger partial charge on any atom is -0.397 e. The Bertz CT molecular complexity index is 230. The lowest BCUT2D eigenvalue weighted by Crippen LogP contribution is -2.70. The molecule has 0 spiro atoms. The van der Waals surface area contributed by atoms with E-state index < -0.39 is 25.0 Å². The minimum atomic E-state index is -2.09. The highest BCUT2D eigenvalue weighted by Crippen LogP contribution is 2.28. The van der Waals surface area contributed by atoms with Crippen molar-refractivity contribution in [1.82, 2.24) is 4.23 Å². The summed E-state index contributed by atoms with van der Waals surface area (Å²) in [5.41, 5.74) is 0.413. The molecule has 0 heterocycles. The predicted octanol–water partition coefficient (Wildman–Crippen LogP) is 3.25. The molecule has 17 heavy (non-hydrogen) atoms. The molecule has 0 fully saturated rings. The highest BCUT2D eigenvalue weighted by Gasteiger charge is 2.48. The Kier molecular flexibility index (Phi) is 5.84. The van der Waals surface area contributed by atoms with Gasteiger partial charge in [-0.1, -0.05) is 39.3 Å². The Hall–Kier alpha value is 0.531. The van der Waals surface area contributed by atoms with Crippen molar-refractivity contribution < 1.29 is 8.85 Å². The van der Waals surface area contributed by atoms with E-state index in [1.54, 1.807) is 14.2 Å². The molecule has 0 aromatic rings. The van der Waals surface area contributed by atoms with Crippen LogP contribution in [0.3, 0.4) is 0 Å². The summed E-state index contributed by atoms with van der Waals surface area (Å²) < 4.78 is 14.3. The lowest BCUT2D eigenvalue weighted by molar-refractivity contribution is 0.224. The van der Waals surface area contributed by atoms with E-state index in [1.165, 1.54) is 0 Å². The highest BCUT2D eigenvalue weighted by molar-refractivity contribution is 6.91. The second kappa shape index (κ2) is 5.66. The van der Waals surface area contributed by atoms with E-state index in [2.05, 4.69) is 57.0 Å². The molecule has 6 heteroatoms. The molecule has 0 N–H and O–H groups in total. The third kappa shape index (κ3) is 4.29. The van der Waals surface area contributed by atoms with Gasteiger partial charge in [-0.2, -0.15) is 0 Å². The van der Waals surface area contributed by atoms with E-state index in [0.717, 1.165) is 0 Å². The van der Waals surface area contributed by atoms with Gasteiger partial charge in [0.25, 0.3) is 0 Å². The largest absolute Gasteiger partial charge is 0.397 e. The Morgan fingerprint density at radius 2 is 1.06 bits per heavy atom. The van der Waals surface area contributed by atoms with Crippen molar-refractivity contribution >= 4 is 25.0 Å². The molecule has 3 nitrogen and oxygen atoms in total. The summed E-state index contributed by atoms with van der Waals surface area (Å²) in [4.78, 5) is 0. The normalized spacial score (nSPS) is 16.4. The van der Waals surface area contributed by atoms with E-state index in [-0.39, 0.29) is 0 Å². The topological polar surface area (TPSA) is 21.7 Å². The molecule has 0 aliphatic heterocycles. The number of rotatable bonds is 6. The Labute approximate surface area is 111 Å². The Morgan fingerprint density at radius 1 is 0.765 bits per heavy atom. The molecule has 0 rings (SSSR count). The van der Waals surface area contributed by atoms with Gasteiger partial charge in [-0.15, -0.1) is 0 Å². The molecule has 1 atom stereocenters. The van der Waals surface area contributed by atoms with Crippen LogP contribution in [0.5, 0.6) is 0 Å². The molecule has 0 aromatic heterocycles. The summed E-state index contributed by atoms with van der Waals surface area (Å²) in [7, 11) is -1.22. The zero-order valence-corrected chi connectivity index (χ0v) is 16.3. The molecule has 0 aromatic carbocycles. The van der Waals surface area contributed by atoms with Gasteiger partial charge in [-0.05, 0) is 13.5 Å². The summed E-state index contributed by atoms with van der Waals surface area (Å²) in [6, 6.07) is 0. The maximum absolute atomic E-state index is 5.74. The number of hydrogen-bond donors (Lipinski definition) is 0. The van der Waals surface area contributed by atoms with Crippen LogP contribution in [0.4, 0.5) is 0 Å². The Balaban J connectivity index is 5.36. The van der Waals surface area contributed by atoms with Gasteiger partial charge >= 0.3 is 8.56 Å². The standard InChI is InChI=1S/C11H31NO2Si3/c1-11(17(10,13-2)14-3)12(15(4,5)6)16(7,8)9/h11H,1-10H3. The molecule has 0 aliphatic rings. The molecule has 0 bridgehead atoms.